The van der Waals surface area contributed by atoms with Gasteiger partial charge in [-0.1, -0.05) is 24.3 Å². The van der Waals surface area contributed by atoms with E-state index in [1.807, 2.05) is 0 Å². The third-order valence-corrected chi connectivity index (χ3v) is 4.11. The summed E-state index contributed by atoms with van der Waals surface area (Å²) in [4.78, 5) is 0. The molecule has 0 spiro atoms. The minimum Gasteiger partial charge on any atom is -0.343 e. The smallest absolute Gasteiger partial charge is 0.0486 e. The standard InChI is InChI=1S/C16H15IN2/c17-14-6-4-12(5-7-14)11-19-9-8-15-13(10-18)2-1-3-16(15)19/h1-9H,10-11,18H2. The van der Waals surface area contributed by atoms with Gasteiger partial charge in [-0.05, 0) is 58.0 Å². The Morgan fingerprint density at radius 3 is 2.53 bits per heavy atom. The molecule has 0 amide bonds. The molecule has 0 atom stereocenters. The molecule has 0 radical (unpaired) electrons. The van der Waals surface area contributed by atoms with Crippen LogP contribution in [0.3, 0.4) is 0 Å². The molecule has 0 unspecified atom stereocenters. The molecular weight excluding hydrogens is 347 g/mol. The van der Waals surface area contributed by atoms with Crippen molar-refractivity contribution < 1.29 is 0 Å². The first kappa shape index (κ1) is 12.7. The number of nitrogens with two attached hydrogens (primary N) is 1. The van der Waals surface area contributed by atoms with Gasteiger partial charge in [-0.3, -0.25) is 0 Å². The first-order chi connectivity index (χ1) is 9.28. The van der Waals surface area contributed by atoms with Crippen LogP contribution in [0.1, 0.15) is 11.1 Å². The van der Waals surface area contributed by atoms with E-state index in [1.165, 1.54) is 25.6 Å². The Morgan fingerprint density at radius 1 is 1.00 bits per heavy atom. The molecule has 0 saturated heterocycles. The zero-order valence-corrected chi connectivity index (χ0v) is 12.7. The molecule has 3 rings (SSSR count). The Bertz CT molecular complexity index is 698. The quantitative estimate of drug-likeness (QED) is 0.707. The van der Waals surface area contributed by atoms with Crippen LogP contribution in [-0.2, 0) is 13.1 Å². The van der Waals surface area contributed by atoms with Gasteiger partial charge in [0.2, 0.25) is 0 Å². The van der Waals surface area contributed by atoms with Gasteiger partial charge < -0.3 is 10.3 Å². The maximum atomic E-state index is 5.78. The van der Waals surface area contributed by atoms with Crippen molar-refractivity contribution in [2.45, 2.75) is 13.1 Å². The molecule has 0 aliphatic rings. The fourth-order valence-corrected chi connectivity index (χ4v) is 2.75. The molecule has 0 fully saturated rings. The Kier molecular flexibility index (Phi) is 3.57. The van der Waals surface area contributed by atoms with Crippen molar-refractivity contribution >= 4 is 33.5 Å². The molecule has 96 valence electrons. The normalized spacial score (nSPS) is 11.1. The van der Waals surface area contributed by atoms with Crippen LogP contribution in [0, 0.1) is 3.57 Å². The third kappa shape index (κ3) is 2.53. The number of rotatable bonds is 3. The van der Waals surface area contributed by atoms with Crippen molar-refractivity contribution in [2.24, 2.45) is 5.73 Å². The van der Waals surface area contributed by atoms with E-state index in [1.54, 1.807) is 0 Å². The van der Waals surface area contributed by atoms with Crippen molar-refractivity contribution in [1.82, 2.24) is 4.57 Å². The second-order valence-electron chi connectivity index (χ2n) is 4.62. The van der Waals surface area contributed by atoms with Crippen molar-refractivity contribution in [3.05, 3.63) is 69.4 Å². The maximum Gasteiger partial charge on any atom is 0.0486 e. The van der Waals surface area contributed by atoms with Gasteiger partial charge >= 0.3 is 0 Å². The number of halogens is 1. The molecule has 2 N–H and O–H groups in total. The summed E-state index contributed by atoms with van der Waals surface area (Å²) in [6.45, 7) is 1.49. The maximum absolute atomic E-state index is 5.78. The van der Waals surface area contributed by atoms with Gasteiger partial charge in [0.1, 0.15) is 0 Å². The summed E-state index contributed by atoms with van der Waals surface area (Å²) in [6.07, 6.45) is 2.14. The molecule has 0 saturated carbocycles. The minimum atomic E-state index is 0.588. The van der Waals surface area contributed by atoms with Crippen LogP contribution in [-0.4, -0.2) is 4.57 Å². The first-order valence-corrected chi connectivity index (χ1v) is 7.37. The van der Waals surface area contributed by atoms with Crippen LogP contribution in [0.15, 0.2) is 54.7 Å². The fraction of sp³-hybridized carbons (Fsp3) is 0.125. The lowest BCUT2D eigenvalue weighted by atomic mass is 10.1. The van der Waals surface area contributed by atoms with Crippen LogP contribution in [0.2, 0.25) is 0 Å². The fourth-order valence-electron chi connectivity index (χ4n) is 2.39. The molecule has 0 bridgehead atoms. The minimum absolute atomic E-state index is 0.588. The highest BCUT2D eigenvalue weighted by Crippen LogP contribution is 2.21. The van der Waals surface area contributed by atoms with E-state index >= 15 is 0 Å². The number of benzene rings is 2. The van der Waals surface area contributed by atoms with Gasteiger partial charge in [0.25, 0.3) is 0 Å². The Morgan fingerprint density at radius 2 is 1.79 bits per heavy atom. The average Bonchev–Trinajstić information content (AvgIpc) is 2.84. The molecule has 3 aromatic rings. The molecule has 19 heavy (non-hydrogen) atoms. The van der Waals surface area contributed by atoms with Gasteiger partial charge in [-0.2, -0.15) is 0 Å². The van der Waals surface area contributed by atoms with Crippen molar-refractivity contribution in [3.63, 3.8) is 0 Å². The van der Waals surface area contributed by atoms with E-state index in [4.69, 9.17) is 5.73 Å². The number of fused-ring (bicyclic) bond motifs is 1. The largest absolute Gasteiger partial charge is 0.343 e. The van der Waals surface area contributed by atoms with Gasteiger partial charge in [0.05, 0.1) is 0 Å². The van der Waals surface area contributed by atoms with E-state index in [2.05, 4.69) is 81.9 Å². The summed E-state index contributed by atoms with van der Waals surface area (Å²) >= 11 is 2.33. The topological polar surface area (TPSA) is 30.9 Å². The molecule has 3 heteroatoms. The van der Waals surface area contributed by atoms with Crippen LogP contribution < -0.4 is 5.73 Å². The van der Waals surface area contributed by atoms with E-state index in [-0.39, 0.29) is 0 Å². The van der Waals surface area contributed by atoms with E-state index in [0.717, 1.165) is 6.54 Å². The highest BCUT2D eigenvalue weighted by atomic mass is 127. The summed E-state index contributed by atoms with van der Waals surface area (Å²) in [7, 11) is 0. The number of aromatic nitrogens is 1. The van der Waals surface area contributed by atoms with Gasteiger partial charge in [0, 0.05) is 33.8 Å². The predicted octanol–water partition coefficient (Wildman–Crippen LogP) is 3.75. The van der Waals surface area contributed by atoms with Crippen LogP contribution in [0.5, 0.6) is 0 Å². The van der Waals surface area contributed by atoms with E-state index in [9.17, 15) is 0 Å². The summed E-state index contributed by atoms with van der Waals surface area (Å²) in [5.41, 5.74) is 9.56. The monoisotopic (exact) mass is 362 g/mol. The van der Waals surface area contributed by atoms with Crippen molar-refractivity contribution in [1.29, 1.82) is 0 Å². The van der Waals surface area contributed by atoms with Gasteiger partial charge in [-0.25, -0.2) is 0 Å². The molecule has 1 heterocycles. The lowest BCUT2D eigenvalue weighted by Gasteiger charge is -2.07. The second-order valence-corrected chi connectivity index (χ2v) is 5.87. The third-order valence-electron chi connectivity index (χ3n) is 3.39. The Balaban J connectivity index is 1.99. The summed E-state index contributed by atoms with van der Waals surface area (Å²) < 4.78 is 3.54. The average molecular weight is 362 g/mol. The second kappa shape index (κ2) is 5.35. The summed E-state index contributed by atoms with van der Waals surface area (Å²) in [6, 6.07) is 17.1. The SMILES string of the molecule is NCc1cccc2c1ccn2Cc1ccc(I)cc1. The highest BCUT2D eigenvalue weighted by Gasteiger charge is 2.04. The van der Waals surface area contributed by atoms with Crippen molar-refractivity contribution in [2.75, 3.05) is 0 Å². The van der Waals surface area contributed by atoms with E-state index in [0.29, 0.717) is 6.54 Å². The molecule has 2 nitrogen and oxygen atoms in total. The summed E-state index contributed by atoms with van der Waals surface area (Å²) in [5, 5.41) is 1.26. The number of nitrogens with zero attached hydrogens (tertiary/aromatic N) is 1. The molecule has 2 aromatic carbocycles. The number of hydrogen-bond acceptors (Lipinski definition) is 1. The van der Waals surface area contributed by atoms with Gasteiger partial charge in [-0.15, -0.1) is 0 Å². The Hall–Kier alpha value is -1.33. The molecule has 1 aromatic heterocycles. The zero-order chi connectivity index (χ0) is 13.2. The lowest BCUT2D eigenvalue weighted by Crippen LogP contribution is -1.99. The molecule has 0 aliphatic carbocycles. The van der Waals surface area contributed by atoms with Crippen molar-refractivity contribution in [3.8, 4) is 0 Å². The van der Waals surface area contributed by atoms with E-state index < -0.39 is 0 Å². The van der Waals surface area contributed by atoms with Crippen LogP contribution in [0.25, 0.3) is 10.9 Å². The Labute approximate surface area is 126 Å². The molecular formula is C16H15IN2. The zero-order valence-electron chi connectivity index (χ0n) is 10.5. The lowest BCUT2D eigenvalue weighted by molar-refractivity contribution is 0.836. The first-order valence-electron chi connectivity index (χ1n) is 6.29. The van der Waals surface area contributed by atoms with Crippen LogP contribution in [0.4, 0.5) is 0 Å². The van der Waals surface area contributed by atoms with Crippen LogP contribution >= 0.6 is 22.6 Å². The number of hydrogen-bond donors (Lipinski definition) is 1. The summed E-state index contributed by atoms with van der Waals surface area (Å²) in [5.74, 6) is 0. The predicted molar refractivity (Wildman–Crippen MR) is 88.1 cm³/mol. The molecule has 0 aliphatic heterocycles. The highest BCUT2D eigenvalue weighted by molar-refractivity contribution is 14.1. The van der Waals surface area contributed by atoms with Gasteiger partial charge in [0.15, 0.2) is 0 Å².